The fourth-order valence-electron chi connectivity index (χ4n) is 1.40. The Morgan fingerprint density at radius 2 is 2.25 bits per heavy atom. The van der Waals surface area contributed by atoms with E-state index in [1.165, 1.54) is 6.07 Å². The van der Waals surface area contributed by atoms with Gasteiger partial charge in [0.15, 0.2) is 0 Å². The number of hydrogen-bond donors (Lipinski definition) is 1. The second-order valence-corrected chi connectivity index (χ2v) is 3.60. The molecule has 0 bridgehead atoms. The maximum Gasteiger partial charge on any atom is 0.253 e. The van der Waals surface area contributed by atoms with Crippen molar-refractivity contribution in [2.24, 2.45) is 0 Å². The molecule has 2 rings (SSSR count). The number of anilines is 1. The number of aryl methyl sites for hydroxylation is 3. The highest BCUT2D eigenvalue weighted by Crippen LogP contribution is 1.97. The molecule has 0 aliphatic rings. The van der Waals surface area contributed by atoms with E-state index in [4.69, 9.17) is 5.73 Å². The third kappa shape index (κ3) is 2.28. The van der Waals surface area contributed by atoms with Crippen molar-refractivity contribution in [3.05, 3.63) is 40.8 Å². The second-order valence-electron chi connectivity index (χ2n) is 3.60. The summed E-state index contributed by atoms with van der Waals surface area (Å²) in [5.74, 6) is 0. The summed E-state index contributed by atoms with van der Waals surface area (Å²) >= 11 is 0. The van der Waals surface area contributed by atoms with Crippen molar-refractivity contribution in [1.82, 2.24) is 19.3 Å². The van der Waals surface area contributed by atoms with Crippen LogP contribution in [0.3, 0.4) is 0 Å². The smallest absolute Gasteiger partial charge is 0.253 e. The highest BCUT2D eigenvalue weighted by Gasteiger charge is 1.98. The molecule has 0 aromatic carbocycles. The largest absolute Gasteiger partial charge is 0.396 e. The van der Waals surface area contributed by atoms with Crippen LogP contribution in [-0.4, -0.2) is 19.3 Å². The van der Waals surface area contributed by atoms with Crippen molar-refractivity contribution in [2.45, 2.75) is 20.0 Å². The number of hydrogen-bond acceptors (Lipinski definition) is 4. The quantitative estimate of drug-likeness (QED) is 0.790. The van der Waals surface area contributed by atoms with Gasteiger partial charge in [0.1, 0.15) is 0 Å². The summed E-state index contributed by atoms with van der Waals surface area (Å²) in [5, 5.41) is 4.03. The van der Waals surface area contributed by atoms with Gasteiger partial charge in [0.2, 0.25) is 0 Å². The molecule has 0 aliphatic carbocycles. The van der Waals surface area contributed by atoms with E-state index >= 15 is 0 Å². The molecule has 16 heavy (non-hydrogen) atoms. The molecule has 0 saturated carbocycles. The minimum Gasteiger partial charge on any atom is -0.396 e. The van der Waals surface area contributed by atoms with Gasteiger partial charge >= 0.3 is 0 Å². The van der Waals surface area contributed by atoms with E-state index in [9.17, 15) is 4.79 Å². The molecule has 84 valence electrons. The summed E-state index contributed by atoms with van der Waals surface area (Å²) in [4.78, 5) is 15.6. The van der Waals surface area contributed by atoms with Gasteiger partial charge in [-0.2, -0.15) is 5.10 Å². The Labute approximate surface area is 92.3 Å². The number of nitrogens with zero attached hydrogens (tertiary/aromatic N) is 4. The molecule has 0 amide bonds. The van der Waals surface area contributed by atoms with Gasteiger partial charge in [-0.05, 0) is 6.92 Å². The standard InChI is InChI=1S/C10H13N5O/c1-8-4-10(16)14(7-12-8)2-3-15-6-9(11)5-13-15/h4-7H,2-3,11H2,1H3. The van der Waals surface area contributed by atoms with Gasteiger partial charge in [0.25, 0.3) is 5.56 Å². The topological polar surface area (TPSA) is 78.7 Å². The van der Waals surface area contributed by atoms with Crippen molar-refractivity contribution in [3.63, 3.8) is 0 Å². The van der Waals surface area contributed by atoms with E-state index in [1.54, 1.807) is 34.9 Å². The number of nitrogens with two attached hydrogens (primary N) is 1. The summed E-state index contributed by atoms with van der Waals surface area (Å²) in [7, 11) is 0. The van der Waals surface area contributed by atoms with Crippen molar-refractivity contribution in [3.8, 4) is 0 Å². The summed E-state index contributed by atoms with van der Waals surface area (Å²) in [5.41, 5.74) is 6.83. The monoisotopic (exact) mass is 219 g/mol. The predicted molar refractivity (Wildman–Crippen MR) is 59.9 cm³/mol. The maximum absolute atomic E-state index is 11.5. The van der Waals surface area contributed by atoms with E-state index < -0.39 is 0 Å². The van der Waals surface area contributed by atoms with Crippen LogP contribution >= 0.6 is 0 Å². The summed E-state index contributed by atoms with van der Waals surface area (Å²) in [6.07, 6.45) is 4.85. The van der Waals surface area contributed by atoms with E-state index in [2.05, 4.69) is 10.1 Å². The van der Waals surface area contributed by atoms with Crippen molar-refractivity contribution in [1.29, 1.82) is 0 Å². The van der Waals surface area contributed by atoms with Crippen LogP contribution < -0.4 is 11.3 Å². The van der Waals surface area contributed by atoms with Crippen LogP contribution in [0.2, 0.25) is 0 Å². The highest BCUT2D eigenvalue weighted by atomic mass is 16.1. The molecule has 0 atom stereocenters. The van der Waals surface area contributed by atoms with Crippen LogP contribution in [0, 0.1) is 6.92 Å². The van der Waals surface area contributed by atoms with Crippen LogP contribution in [0.15, 0.2) is 29.6 Å². The van der Waals surface area contributed by atoms with Crippen molar-refractivity contribution in [2.75, 3.05) is 5.73 Å². The number of nitrogen functional groups attached to an aromatic ring is 1. The van der Waals surface area contributed by atoms with Gasteiger partial charge in [-0.15, -0.1) is 0 Å². The molecule has 2 heterocycles. The van der Waals surface area contributed by atoms with E-state index in [0.29, 0.717) is 18.8 Å². The Morgan fingerprint density at radius 1 is 1.44 bits per heavy atom. The normalized spacial score (nSPS) is 10.6. The molecule has 0 saturated heterocycles. The molecule has 6 nitrogen and oxygen atoms in total. The third-order valence-electron chi connectivity index (χ3n) is 2.24. The van der Waals surface area contributed by atoms with Gasteiger partial charge in [-0.3, -0.25) is 14.0 Å². The Kier molecular flexibility index (Phi) is 2.72. The summed E-state index contributed by atoms with van der Waals surface area (Å²) < 4.78 is 3.24. The molecular formula is C10H13N5O. The zero-order chi connectivity index (χ0) is 11.5. The van der Waals surface area contributed by atoms with Crippen LogP contribution in [0.4, 0.5) is 5.69 Å². The van der Waals surface area contributed by atoms with Crippen LogP contribution in [0.25, 0.3) is 0 Å². The molecule has 6 heteroatoms. The lowest BCUT2D eigenvalue weighted by atomic mass is 10.4. The first kappa shape index (κ1) is 10.4. The fraction of sp³-hybridized carbons (Fsp3) is 0.300. The molecule has 0 fully saturated rings. The summed E-state index contributed by atoms with van der Waals surface area (Å²) in [6, 6.07) is 1.51. The minimum atomic E-state index is -0.0485. The molecule has 0 aliphatic heterocycles. The highest BCUT2D eigenvalue weighted by molar-refractivity contribution is 5.30. The maximum atomic E-state index is 11.5. The Hall–Kier alpha value is -2.11. The van der Waals surface area contributed by atoms with Crippen LogP contribution in [0.5, 0.6) is 0 Å². The van der Waals surface area contributed by atoms with E-state index in [-0.39, 0.29) is 5.56 Å². The Morgan fingerprint density at radius 3 is 2.88 bits per heavy atom. The lowest BCUT2D eigenvalue weighted by Gasteiger charge is -2.04. The van der Waals surface area contributed by atoms with Crippen molar-refractivity contribution < 1.29 is 0 Å². The number of rotatable bonds is 3. The van der Waals surface area contributed by atoms with Gasteiger partial charge < -0.3 is 5.73 Å². The first-order valence-corrected chi connectivity index (χ1v) is 4.96. The van der Waals surface area contributed by atoms with E-state index in [0.717, 1.165) is 5.69 Å². The second kappa shape index (κ2) is 4.18. The first-order valence-electron chi connectivity index (χ1n) is 4.96. The van der Waals surface area contributed by atoms with Crippen molar-refractivity contribution >= 4 is 5.69 Å². The Balaban J connectivity index is 2.07. The van der Waals surface area contributed by atoms with Crippen LogP contribution in [-0.2, 0) is 13.1 Å². The molecule has 2 aromatic rings. The minimum absolute atomic E-state index is 0.0485. The van der Waals surface area contributed by atoms with Crippen LogP contribution in [0.1, 0.15) is 5.69 Å². The molecule has 0 spiro atoms. The third-order valence-corrected chi connectivity index (χ3v) is 2.24. The Bertz CT molecular complexity index is 542. The predicted octanol–water partition coefficient (Wildman–Crippen LogP) is 0.0306. The lowest BCUT2D eigenvalue weighted by molar-refractivity contribution is 0.518. The van der Waals surface area contributed by atoms with Gasteiger partial charge in [0, 0.05) is 24.5 Å². The van der Waals surface area contributed by atoms with Gasteiger partial charge in [-0.1, -0.05) is 0 Å². The van der Waals surface area contributed by atoms with Gasteiger partial charge in [0.05, 0.1) is 24.8 Å². The first-order chi connectivity index (χ1) is 7.65. The molecule has 0 unspecified atom stereocenters. The molecular weight excluding hydrogens is 206 g/mol. The molecule has 2 N–H and O–H groups in total. The SMILES string of the molecule is Cc1cc(=O)n(CCn2cc(N)cn2)cn1. The zero-order valence-electron chi connectivity index (χ0n) is 9.00. The zero-order valence-corrected chi connectivity index (χ0v) is 9.00. The average molecular weight is 219 g/mol. The summed E-state index contributed by atoms with van der Waals surface area (Å²) in [6.45, 7) is 2.93. The fourth-order valence-corrected chi connectivity index (χ4v) is 1.40. The molecule has 2 aromatic heterocycles. The van der Waals surface area contributed by atoms with E-state index in [1.807, 2.05) is 0 Å². The lowest BCUT2D eigenvalue weighted by Crippen LogP contribution is -2.22. The average Bonchev–Trinajstić information content (AvgIpc) is 2.63. The molecule has 0 radical (unpaired) electrons. The number of aromatic nitrogens is 4. The van der Waals surface area contributed by atoms with Gasteiger partial charge in [-0.25, -0.2) is 4.98 Å².